The SMILES string of the molecule is CCCNCC(C)S(=O)(=O)NC1CC1C. The maximum Gasteiger partial charge on any atom is 0.215 e. The van der Waals surface area contributed by atoms with Crippen LogP contribution in [0.5, 0.6) is 0 Å². The van der Waals surface area contributed by atoms with Gasteiger partial charge in [0.1, 0.15) is 0 Å². The summed E-state index contributed by atoms with van der Waals surface area (Å²) in [5, 5.41) is 2.78. The molecule has 0 aromatic rings. The lowest BCUT2D eigenvalue weighted by Crippen LogP contribution is -2.40. The average Bonchev–Trinajstić information content (AvgIpc) is 2.81. The summed E-state index contributed by atoms with van der Waals surface area (Å²) in [5.41, 5.74) is 0. The third kappa shape index (κ3) is 4.09. The summed E-state index contributed by atoms with van der Waals surface area (Å²) in [6.07, 6.45) is 2.01. The van der Waals surface area contributed by atoms with E-state index in [4.69, 9.17) is 0 Å². The van der Waals surface area contributed by atoms with Gasteiger partial charge >= 0.3 is 0 Å². The van der Waals surface area contributed by atoms with E-state index in [1.165, 1.54) is 0 Å². The zero-order valence-corrected chi connectivity index (χ0v) is 10.6. The molecule has 0 aromatic carbocycles. The molecule has 3 atom stereocenters. The van der Waals surface area contributed by atoms with Crippen LogP contribution in [0.1, 0.15) is 33.6 Å². The molecule has 0 radical (unpaired) electrons. The van der Waals surface area contributed by atoms with Crippen molar-refractivity contribution >= 4 is 10.0 Å². The molecule has 0 amide bonds. The molecule has 1 fully saturated rings. The Kier molecular flexibility index (Phi) is 4.55. The van der Waals surface area contributed by atoms with Crippen LogP contribution in [0, 0.1) is 5.92 Å². The summed E-state index contributed by atoms with van der Waals surface area (Å²) in [4.78, 5) is 0. The fraction of sp³-hybridized carbons (Fsp3) is 1.00. The van der Waals surface area contributed by atoms with Crippen molar-refractivity contribution in [3.05, 3.63) is 0 Å². The molecule has 1 aliphatic rings. The molecule has 90 valence electrons. The summed E-state index contributed by atoms with van der Waals surface area (Å²) < 4.78 is 26.3. The van der Waals surface area contributed by atoms with Crippen molar-refractivity contribution in [2.45, 2.75) is 44.9 Å². The second-order valence-electron chi connectivity index (χ2n) is 4.50. The second kappa shape index (κ2) is 5.27. The minimum absolute atomic E-state index is 0.184. The molecule has 0 aliphatic heterocycles. The third-order valence-electron chi connectivity index (χ3n) is 2.81. The summed E-state index contributed by atoms with van der Waals surface area (Å²) in [7, 11) is -3.12. The van der Waals surface area contributed by atoms with Gasteiger partial charge in [-0.2, -0.15) is 0 Å². The molecule has 3 unspecified atom stereocenters. The Morgan fingerprint density at radius 2 is 2.07 bits per heavy atom. The Balaban J connectivity index is 2.32. The normalized spacial score (nSPS) is 27.7. The van der Waals surface area contributed by atoms with Gasteiger partial charge < -0.3 is 5.32 Å². The van der Waals surface area contributed by atoms with Gasteiger partial charge in [-0.05, 0) is 32.2 Å². The van der Waals surface area contributed by atoms with Gasteiger partial charge in [0.2, 0.25) is 10.0 Å². The Morgan fingerprint density at radius 3 is 2.53 bits per heavy atom. The van der Waals surface area contributed by atoms with Crippen molar-refractivity contribution in [1.82, 2.24) is 10.0 Å². The molecule has 0 heterocycles. The Morgan fingerprint density at radius 1 is 1.47 bits per heavy atom. The number of hydrogen-bond donors (Lipinski definition) is 2. The van der Waals surface area contributed by atoms with Gasteiger partial charge in [0.25, 0.3) is 0 Å². The van der Waals surface area contributed by atoms with E-state index in [1.807, 2.05) is 0 Å². The summed E-state index contributed by atoms with van der Waals surface area (Å²) in [6, 6.07) is 0.184. The number of nitrogens with one attached hydrogen (secondary N) is 2. The van der Waals surface area contributed by atoms with Crippen LogP contribution in [0.25, 0.3) is 0 Å². The molecular weight excluding hydrogens is 212 g/mol. The molecule has 15 heavy (non-hydrogen) atoms. The fourth-order valence-corrected chi connectivity index (χ4v) is 2.73. The van der Waals surface area contributed by atoms with Gasteiger partial charge in [0.05, 0.1) is 5.25 Å². The predicted molar refractivity (Wildman–Crippen MR) is 62.2 cm³/mol. The van der Waals surface area contributed by atoms with Gasteiger partial charge in [-0.25, -0.2) is 13.1 Å². The zero-order chi connectivity index (χ0) is 11.5. The molecule has 1 aliphatic carbocycles. The highest BCUT2D eigenvalue weighted by Gasteiger charge is 2.37. The van der Waals surface area contributed by atoms with E-state index in [-0.39, 0.29) is 11.3 Å². The van der Waals surface area contributed by atoms with E-state index in [0.717, 1.165) is 19.4 Å². The molecule has 0 bridgehead atoms. The van der Waals surface area contributed by atoms with E-state index in [1.54, 1.807) is 6.92 Å². The van der Waals surface area contributed by atoms with Gasteiger partial charge in [0, 0.05) is 12.6 Å². The predicted octanol–water partition coefficient (Wildman–Crippen LogP) is 0.702. The number of hydrogen-bond acceptors (Lipinski definition) is 3. The molecule has 0 spiro atoms. The number of rotatable bonds is 7. The highest BCUT2D eigenvalue weighted by atomic mass is 32.2. The standard InChI is InChI=1S/C10H22N2O2S/c1-4-5-11-7-9(3)15(13,14)12-10-6-8(10)2/h8-12H,4-7H2,1-3H3. The first-order valence-corrected chi connectivity index (χ1v) is 7.24. The van der Waals surface area contributed by atoms with Crippen LogP contribution in [0.3, 0.4) is 0 Å². The van der Waals surface area contributed by atoms with Crippen LogP contribution in [0.4, 0.5) is 0 Å². The van der Waals surface area contributed by atoms with Crippen molar-refractivity contribution in [2.75, 3.05) is 13.1 Å². The molecule has 4 nitrogen and oxygen atoms in total. The maximum atomic E-state index is 11.8. The topological polar surface area (TPSA) is 58.2 Å². The molecular formula is C10H22N2O2S. The Bertz CT molecular complexity index is 290. The van der Waals surface area contributed by atoms with Crippen molar-refractivity contribution in [3.63, 3.8) is 0 Å². The third-order valence-corrected chi connectivity index (χ3v) is 4.67. The lowest BCUT2D eigenvalue weighted by Gasteiger charge is -2.14. The largest absolute Gasteiger partial charge is 0.315 e. The van der Waals surface area contributed by atoms with Gasteiger partial charge in [0.15, 0.2) is 0 Å². The summed E-state index contributed by atoms with van der Waals surface area (Å²) in [5.74, 6) is 0.510. The van der Waals surface area contributed by atoms with Crippen molar-refractivity contribution in [1.29, 1.82) is 0 Å². The first-order valence-electron chi connectivity index (χ1n) is 5.69. The monoisotopic (exact) mass is 234 g/mol. The van der Waals surface area contributed by atoms with Gasteiger partial charge in [-0.15, -0.1) is 0 Å². The van der Waals surface area contributed by atoms with Crippen molar-refractivity contribution < 1.29 is 8.42 Å². The smallest absolute Gasteiger partial charge is 0.215 e. The lowest BCUT2D eigenvalue weighted by atomic mass is 10.4. The maximum absolute atomic E-state index is 11.8. The quantitative estimate of drug-likeness (QED) is 0.638. The van der Waals surface area contributed by atoms with E-state index in [9.17, 15) is 8.42 Å². The molecule has 2 N–H and O–H groups in total. The minimum Gasteiger partial charge on any atom is -0.315 e. The number of sulfonamides is 1. The van der Waals surface area contributed by atoms with Crippen LogP contribution in [-0.2, 0) is 10.0 Å². The highest BCUT2D eigenvalue weighted by Crippen LogP contribution is 2.30. The minimum atomic E-state index is -3.12. The fourth-order valence-electron chi connectivity index (χ4n) is 1.41. The first-order chi connectivity index (χ1) is 6.97. The van der Waals surface area contributed by atoms with E-state index in [2.05, 4.69) is 23.9 Å². The van der Waals surface area contributed by atoms with Crippen molar-refractivity contribution in [2.24, 2.45) is 5.92 Å². The van der Waals surface area contributed by atoms with Crippen LogP contribution in [0.15, 0.2) is 0 Å². The van der Waals surface area contributed by atoms with Crippen LogP contribution in [-0.4, -0.2) is 32.8 Å². The lowest BCUT2D eigenvalue weighted by molar-refractivity contribution is 0.554. The Hall–Kier alpha value is -0.130. The molecule has 5 heteroatoms. The zero-order valence-electron chi connectivity index (χ0n) is 9.79. The van der Waals surface area contributed by atoms with Gasteiger partial charge in [-0.3, -0.25) is 0 Å². The van der Waals surface area contributed by atoms with Gasteiger partial charge in [-0.1, -0.05) is 13.8 Å². The molecule has 0 aromatic heterocycles. The van der Waals surface area contributed by atoms with Crippen molar-refractivity contribution in [3.8, 4) is 0 Å². The van der Waals surface area contributed by atoms with Crippen LogP contribution in [0.2, 0.25) is 0 Å². The van der Waals surface area contributed by atoms with E-state index >= 15 is 0 Å². The molecule has 1 saturated carbocycles. The molecule has 0 saturated heterocycles. The average molecular weight is 234 g/mol. The highest BCUT2D eigenvalue weighted by molar-refractivity contribution is 7.90. The van der Waals surface area contributed by atoms with E-state index in [0.29, 0.717) is 12.5 Å². The summed E-state index contributed by atoms with van der Waals surface area (Å²) >= 11 is 0. The summed E-state index contributed by atoms with van der Waals surface area (Å²) in [6.45, 7) is 7.28. The first kappa shape index (κ1) is 12.9. The second-order valence-corrected chi connectivity index (χ2v) is 6.63. The van der Waals surface area contributed by atoms with E-state index < -0.39 is 10.0 Å². The molecule has 1 rings (SSSR count). The van der Waals surface area contributed by atoms with Crippen LogP contribution < -0.4 is 10.0 Å². The van der Waals surface area contributed by atoms with Crippen LogP contribution >= 0.6 is 0 Å². The Labute approximate surface area is 92.9 Å².